The predicted octanol–water partition coefficient (Wildman–Crippen LogP) is 5.19. The number of hydrogen-bond donors (Lipinski definition) is 0. The smallest absolute Gasteiger partial charge is 0.136 e. The van der Waals surface area contributed by atoms with E-state index in [1.165, 1.54) is 24.8 Å². The normalized spacial score (nSPS) is 15.4. The van der Waals surface area contributed by atoms with Crippen molar-refractivity contribution in [3.8, 4) is 11.3 Å². The Hall–Kier alpha value is -1.41. The Labute approximate surface area is 125 Å². The molecular formula is C17H19ClN2. The molecule has 3 rings (SSSR count). The van der Waals surface area contributed by atoms with Gasteiger partial charge in [-0.25, -0.2) is 9.97 Å². The summed E-state index contributed by atoms with van der Waals surface area (Å²) in [5.74, 6) is 1.04. The van der Waals surface area contributed by atoms with Crippen molar-refractivity contribution >= 4 is 11.6 Å². The molecule has 1 heterocycles. The standard InChI is InChI=1S/C17H19ClN2/c1-11(2)15-16(19-10-20-17(15)18)14-8-4-7-13(9-14)12-5-3-6-12/h4,7-12H,3,5-6H2,1-2H3. The zero-order chi connectivity index (χ0) is 14.1. The highest BCUT2D eigenvalue weighted by Crippen LogP contribution is 2.38. The van der Waals surface area contributed by atoms with Gasteiger partial charge in [0.1, 0.15) is 11.5 Å². The minimum absolute atomic E-state index is 0.311. The third kappa shape index (κ3) is 2.45. The summed E-state index contributed by atoms with van der Waals surface area (Å²) in [6.07, 6.45) is 5.53. The maximum Gasteiger partial charge on any atom is 0.136 e. The second-order valence-corrected chi connectivity index (χ2v) is 6.19. The molecule has 0 unspecified atom stereocenters. The number of nitrogens with zero attached hydrogens (tertiary/aromatic N) is 2. The van der Waals surface area contributed by atoms with Gasteiger partial charge < -0.3 is 0 Å². The molecule has 2 aromatic rings. The van der Waals surface area contributed by atoms with E-state index in [2.05, 4.69) is 48.1 Å². The van der Waals surface area contributed by atoms with Crippen molar-refractivity contribution in [2.75, 3.05) is 0 Å². The molecule has 2 nitrogen and oxygen atoms in total. The fourth-order valence-corrected chi connectivity index (χ4v) is 3.15. The van der Waals surface area contributed by atoms with Crippen molar-refractivity contribution in [1.29, 1.82) is 0 Å². The minimum atomic E-state index is 0.311. The lowest BCUT2D eigenvalue weighted by atomic mass is 9.79. The van der Waals surface area contributed by atoms with Gasteiger partial charge in [0.2, 0.25) is 0 Å². The molecule has 0 radical (unpaired) electrons. The van der Waals surface area contributed by atoms with Crippen LogP contribution >= 0.6 is 11.6 Å². The topological polar surface area (TPSA) is 25.8 Å². The molecule has 104 valence electrons. The Balaban J connectivity index is 2.06. The Kier molecular flexibility index (Phi) is 3.75. The largest absolute Gasteiger partial charge is 0.236 e. The van der Waals surface area contributed by atoms with Crippen LogP contribution in [0.15, 0.2) is 30.6 Å². The van der Waals surface area contributed by atoms with Crippen molar-refractivity contribution in [1.82, 2.24) is 9.97 Å². The van der Waals surface area contributed by atoms with E-state index in [0.717, 1.165) is 22.7 Å². The van der Waals surface area contributed by atoms with Gasteiger partial charge in [-0.15, -0.1) is 0 Å². The van der Waals surface area contributed by atoms with E-state index >= 15 is 0 Å². The molecule has 1 fully saturated rings. The molecule has 3 heteroatoms. The Morgan fingerprint density at radius 3 is 2.65 bits per heavy atom. The SMILES string of the molecule is CC(C)c1c(Cl)ncnc1-c1cccc(C2CCC2)c1. The van der Waals surface area contributed by atoms with Gasteiger partial charge in [-0.05, 0) is 36.3 Å². The first-order chi connectivity index (χ1) is 9.66. The molecule has 1 aromatic heterocycles. The van der Waals surface area contributed by atoms with Gasteiger partial charge in [0, 0.05) is 11.1 Å². The van der Waals surface area contributed by atoms with Crippen LogP contribution < -0.4 is 0 Å². The average Bonchev–Trinajstić information content (AvgIpc) is 2.36. The molecule has 0 amide bonds. The molecular weight excluding hydrogens is 268 g/mol. The number of aromatic nitrogens is 2. The van der Waals surface area contributed by atoms with E-state index in [0.29, 0.717) is 11.1 Å². The summed E-state index contributed by atoms with van der Waals surface area (Å²) in [5, 5.41) is 0.569. The maximum atomic E-state index is 6.26. The molecule has 0 aliphatic heterocycles. The Bertz CT molecular complexity index is 618. The van der Waals surface area contributed by atoms with Crippen LogP contribution in [0.4, 0.5) is 0 Å². The van der Waals surface area contributed by atoms with Crippen molar-refractivity contribution < 1.29 is 0 Å². The summed E-state index contributed by atoms with van der Waals surface area (Å²) < 4.78 is 0. The van der Waals surface area contributed by atoms with E-state index in [-0.39, 0.29) is 0 Å². The molecule has 1 saturated carbocycles. The number of rotatable bonds is 3. The van der Waals surface area contributed by atoms with Crippen LogP contribution in [-0.4, -0.2) is 9.97 Å². The van der Waals surface area contributed by atoms with Crippen LogP contribution in [0, 0.1) is 0 Å². The van der Waals surface area contributed by atoms with Gasteiger partial charge in [0.05, 0.1) is 5.69 Å². The molecule has 0 spiro atoms. The maximum absolute atomic E-state index is 6.26. The number of halogens is 1. The zero-order valence-electron chi connectivity index (χ0n) is 11.9. The quantitative estimate of drug-likeness (QED) is 0.726. The van der Waals surface area contributed by atoms with Crippen LogP contribution in [0.5, 0.6) is 0 Å². The lowest BCUT2D eigenvalue weighted by Gasteiger charge is -2.26. The van der Waals surface area contributed by atoms with Gasteiger partial charge in [-0.2, -0.15) is 0 Å². The summed E-state index contributed by atoms with van der Waals surface area (Å²) in [7, 11) is 0. The summed E-state index contributed by atoms with van der Waals surface area (Å²) in [4.78, 5) is 8.61. The fraction of sp³-hybridized carbons (Fsp3) is 0.412. The van der Waals surface area contributed by atoms with Crippen LogP contribution in [0.1, 0.15) is 56.1 Å². The van der Waals surface area contributed by atoms with Crippen molar-refractivity contribution in [2.45, 2.75) is 44.9 Å². The Morgan fingerprint density at radius 1 is 1.20 bits per heavy atom. The lowest BCUT2D eigenvalue weighted by Crippen LogP contribution is -2.08. The third-order valence-corrected chi connectivity index (χ3v) is 4.45. The summed E-state index contributed by atoms with van der Waals surface area (Å²) in [5.41, 5.74) is 4.60. The molecule has 0 bridgehead atoms. The van der Waals surface area contributed by atoms with Crippen molar-refractivity contribution in [2.24, 2.45) is 0 Å². The third-order valence-electron chi connectivity index (χ3n) is 4.15. The van der Waals surface area contributed by atoms with E-state index in [9.17, 15) is 0 Å². The number of hydrogen-bond acceptors (Lipinski definition) is 2. The van der Waals surface area contributed by atoms with Gasteiger partial charge in [0.25, 0.3) is 0 Å². The molecule has 20 heavy (non-hydrogen) atoms. The lowest BCUT2D eigenvalue weighted by molar-refractivity contribution is 0.420. The first kappa shape index (κ1) is 13.6. The summed E-state index contributed by atoms with van der Waals surface area (Å²) in [6.45, 7) is 4.26. The van der Waals surface area contributed by atoms with Gasteiger partial charge in [0.15, 0.2) is 0 Å². The van der Waals surface area contributed by atoms with E-state index in [4.69, 9.17) is 11.6 Å². The highest BCUT2D eigenvalue weighted by molar-refractivity contribution is 6.30. The second kappa shape index (κ2) is 5.53. The highest BCUT2D eigenvalue weighted by atomic mass is 35.5. The van der Waals surface area contributed by atoms with E-state index in [1.807, 2.05) is 0 Å². The van der Waals surface area contributed by atoms with Crippen LogP contribution in [0.3, 0.4) is 0 Å². The van der Waals surface area contributed by atoms with Crippen LogP contribution in [0.2, 0.25) is 5.15 Å². The van der Waals surface area contributed by atoms with Crippen LogP contribution in [0.25, 0.3) is 11.3 Å². The highest BCUT2D eigenvalue weighted by Gasteiger charge is 2.21. The fourth-order valence-electron chi connectivity index (χ4n) is 2.80. The summed E-state index contributed by atoms with van der Waals surface area (Å²) >= 11 is 6.26. The zero-order valence-corrected chi connectivity index (χ0v) is 12.7. The average molecular weight is 287 g/mol. The Morgan fingerprint density at radius 2 is 2.00 bits per heavy atom. The summed E-state index contributed by atoms with van der Waals surface area (Å²) in [6, 6.07) is 8.75. The van der Waals surface area contributed by atoms with Crippen LogP contribution in [-0.2, 0) is 0 Å². The molecule has 1 aromatic carbocycles. The van der Waals surface area contributed by atoms with Gasteiger partial charge in [-0.1, -0.05) is 50.1 Å². The number of benzene rings is 1. The van der Waals surface area contributed by atoms with E-state index in [1.54, 1.807) is 6.33 Å². The van der Waals surface area contributed by atoms with E-state index < -0.39 is 0 Å². The molecule has 0 N–H and O–H groups in total. The van der Waals surface area contributed by atoms with Crippen molar-refractivity contribution in [3.63, 3.8) is 0 Å². The van der Waals surface area contributed by atoms with Gasteiger partial charge in [-0.3, -0.25) is 0 Å². The second-order valence-electron chi connectivity index (χ2n) is 5.83. The molecule has 1 aliphatic carbocycles. The first-order valence-corrected chi connectivity index (χ1v) is 7.65. The molecule has 0 saturated heterocycles. The first-order valence-electron chi connectivity index (χ1n) is 7.27. The molecule has 1 aliphatic rings. The van der Waals surface area contributed by atoms with Crippen molar-refractivity contribution in [3.05, 3.63) is 46.9 Å². The monoisotopic (exact) mass is 286 g/mol. The minimum Gasteiger partial charge on any atom is -0.236 e. The predicted molar refractivity (Wildman–Crippen MR) is 83.2 cm³/mol. The van der Waals surface area contributed by atoms with Gasteiger partial charge >= 0.3 is 0 Å². The molecule has 0 atom stereocenters.